The molecule has 0 spiro atoms. The van der Waals surface area contributed by atoms with Gasteiger partial charge in [0.05, 0.1) is 18.1 Å². The van der Waals surface area contributed by atoms with Gasteiger partial charge in [-0.2, -0.15) is 5.26 Å². The van der Waals surface area contributed by atoms with Crippen molar-refractivity contribution in [1.82, 2.24) is 4.90 Å². The van der Waals surface area contributed by atoms with Crippen LogP contribution in [-0.2, 0) is 9.59 Å². The molecule has 1 heterocycles. The number of fused-ring (bicyclic) bond motifs is 3. The van der Waals surface area contributed by atoms with Gasteiger partial charge in [0, 0.05) is 5.56 Å². The van der Waals surface area contributed by atoms with Gasteiger partial charge in [0.15, 0.2) is 0 Å². The number of aliphatic carboxylic acids is 2. The fourth-order valence-electron chi connectivity index (χ4n) is 3.07. The van der Waals surface area contributed by atoms with Crippen molar-refractivity contribution in [3.63, 3.8) is 0 Å². The lowest BCUT2D eigenvalue weighted by atomic mass is 9.98. The first-order chi connectivity index (χ1) is 11.5. The molecule has 1 aliphatic rings. The Morgan fingerprint density at radius 2 is 1.92 bits per heavy atom. The van der Waals surface area contributed by atoms with E-state index in [1.807, 2.05) is 6.07 Å². The number of hydrogen-bond acceptors (Lipinski definition) is 4. The van der Waals surface area contributed by atoms with Crippen LogP contribution in [-0.4, -0.2) is 39.0 Å². The average molecular weight is 324 g/mol. The highest BCUT2D eigenvalue weighted by Gasteiger charge is 2.45. The van der Waals surface area contributed by atoms with Crippen molar-refractivity contribution in [2.75, 3.05) is 0 Å². The summed E-state index contributed by atoms with van der Waals surface area (Å²) in [6, 6.07) is 9.63. The summed E-state index contributed by atoms with van der Waals surface area (Å²) in [4.78, 5) is 36.1. The second-order valence-corrected chi connectivity index (χ2v) is 5.45. The number of rotatable bonds is 4. The van der Waals surface area contributed by atoms with Crippen molar-refractivity contribution >= 4 is 28.6 Å². The highest BCUT2D eigenvalue weighted by Crippen LogP contribution is 2.39. The lowest BCUT2D eigenvalue weighted by molar-refractivity contribution is -0.149. The minimum Gasteiger partial charge on any atom is -0.481 e. The minimum atomic E-state index is -1.61. The van der Waals surface area contributed by atoms with Crippen molar-refractivity contribution in [3.05, 3.63) is 47.5 Å². The summed E-state index contributed by atoms with van der Waals surface area (Å²) in [5.41, 5.74) is 0.661. The molecular weight excluding hydrogens is 312 g/mol. The number of carbonyl (C=O) groups is 3. The van der Waals surface area contributed by atoms with Crippen LogP contribution in [0.15, 0.2) is 36.4 Å². The van der Waals surface area contributed by atoms with Gasteiger partial charge in [0.2, 0.25) is 0 Å². The molecule has 7 heteroatoms. The lowest BCUT2D eigenvalue weighted by Gasteiger charge is -2.26. The van der Waals surface area contributed by atoms with Crippen LogP contribution in [0.4, 0.5) is 0 Å². The Hall–Kier alpha value is -3.40. The molecule has 120 valence electrons. The first-order valence-electron chi connectivity index (χ1n) is 7.14. The minimum absolute atomic E-state index is 0.260. The quantitative estimate of drug-likeness (QED) is 0.885. The number of hydrogen-bond donors (Lipinski definition) is 2. The highest BCUT2D eigenvalue weighted by molar-refractivity contribution is 6.12. The zero-order chi connectivity index (χ0) is 17.4. The van der Waals surface area contributed by atoms with Gasteiger partial charge >= 0.3 is 11.9 Å². The number of nitrogens with zero attached hydrogens (tertiary/aromatic N) is 2. The summed E-state index contributed by atoms with van der Waals surface area (Å²) >= 11 is 0. The van der Waals surface area contributed by atoms with E-state index in [-0.39, 0.29) is 5.56 Å². The van der Waals surface area contributed by atoms with E-state index < -0.39 is 36.4 Å². The van der Waals surface area contributed by atoms with E-state index in [4.69, 9.17) is 5.11 Å². The van der Waals surface area contributed by atoms with Crippen LogP contribution in [0.25, 0.3) is 10.8 Å². The molecule has 2 aromatic carbocycles. The molecule has 0 fully saturated rings. The predicted molar refractivity (Wildman–Crippen MR) is 82.1 cm³/mol. The monoisotopic (exact) mass is 324 g/mol. The van der Waals surface area contributed by atoms with Crippen LogP contribution in [0, 0.1) is 11.3 Å². The molecule has 1 amide bonds. The summed E-state index contributed by atoms with van der Waals surface area (Å²) in [5, 5.41) is 29.1. The van der Waals surface area contributed by atoms with Gasteiger partial charge in [-0.05, 0) is 10.8 Å². The Morgan fingerprint density at radius 1 is 1.21 bits per heavy atom. The zero-order valence-electron chi connectivity index (χ0n) is 12.3. The van der Waals surface area contributed by atoms with E-state index in [2.05, 4.69) is 0 Å². The third-order valence-electron chi connectivity index (χ3n) is 4.09. The van der Waals surface area contributed by atoms with Gasteiger partial charge in [0.25, 0.3) is 5.91 Å². The molecule has 0 bridgehead atoms. The molecule has 0 aliphatic carbocycles. The smallest absolute Gasteiger partial charge is 0.327 e. The van der Waals surface area contributed by atoms with Crippen LogP contribution >= 0.6 is 0 Å². The van der Waals surface area contributed by atoms with Gasteiger partial charge < -0.3 is 15.1 Å². The number of carbonyl (C=O) groups excluding carboxylic acids is 1. The summed E-state index contributed by atoms with van der Waals surface area (Å²) in [6.07, 6.45) is -0.773. The maximum Gasteiger partial charge on any atom is 0.327 e. The molecular formula is C17H12N2O5. The SMILES string of the molecule is N#CC1c2ccc3ccccc3c2C(=O)N1C(CC(=O)O)C(=O)O. The van der Waals surface area contributed by atoms with E-state index >= 15 is 0 Å². The Morgan fingerprint density at radius 3 is 2.54 bits per heavy atom. The molecule has 1 aliphatic heterocycles. The van der Waals surface area contributed by atoms with Gasteiger partial charge in [-0.25, -0.2) is 4.79 Å². The van der Waals surface area contributed by atoms with Gasteiger partial charge in [-0.1, -0.05) is 36.4 Å². The molecule has 7 nitrogen and oxygen atoms in total. The highest BCUT2D eigenvalue weighted by atomic mass is 16.4. The standard InChI is InChI=1S/C17H12N2O5/c18-8-13-11-6-5-9-3-1-2-4-10(9)15(11)16(22)19(13)12(17(23)24)7-14(20)21/h1-6,12-13H,7H2,(H,20,21)(H,23,24). The molecule has 2 aromatic rings. The first kappa shape index (κ1) is 15.5. The second-order valence-electron chi connectivity index (χ2n) is 5.45. The Kier molecular flexibility index (Phi) is 3.66. The third kappa shape index (κ3) is 2.25. The number of carboxylic acids is 2. The summed E-state index contributed by atoms with van der Waals surface area (Å²) in [6.45, 7) is 0. The van der Waals surface area contributed by atoms with E-state index in [0.29, 0.717) is 10.9 Å². The molecule has 0 saturated heterocycles. The second kappa shape index (κ2) is 5.66. The molecule has 2 atom stereocenters. The van der Waals surface area contributed by atoms with E-state index in [9.17, 15) is 24.8 Å². The van der Waals surface area contributed by atoms with Crippen molar-refractivity contribution < 1.29 is 24.6 Å². The van der Waals surface area contributed by atoms with Crippen molar-refractivity contribution in [1.29, 1.82) is 5.26 Å². The fraction of sp³-hybridized carbons (Fsp3) is 0.176. The zero-order valence-corrected chi connectivity index (χ0v) is 12.3. The molecule has 0 aromatic heterocycles. The topological polar surface area (TPSA) is 119 Å². The van der Waals surface area contributed by atoms with Crippen LogP contribution in [0.5, 0.6) is 0 Å². The van der Waals surface area contributed by atoms with E-state index in [1.165, 1.54) is 0 Å². The molecule has 0 radical (unpaired) electrons. The lowest BCUT2D eigenvalue weighted by Crippen LogP contribution is -2.44. The fourth-order valence-corrected chi connectivity index (χ4v) is 3.07. The molecule has 24 heavy (non-hydrogen) atoms. The van der Waals surface area contributed by atoms with Crippen LogP contribution in [0.1, 0.15) is 28.4 Å². The maximum absolute atomic E-state index is 12.8. The van der Waals surface area contributed by atoms with E-state index in [0.717, 1.165) is 10.3 Å². The normalized spacial score (nSPS) is 17.4. The molecule has 0 saturated carbocycles. The van der Waals surface area contributed by atoms with Crippen LogP contribution in [0.3, 0.4) is 0 Å². The third-order valence-corrected chi connectivity index (χ3v) is 4.09. The number of benzene rings is 2. The van der Waals surface area contributed by atoms with Gasteiger partial charge in [-0.3, -0.25) is 9.59 Å². The maximum atomic E-state index is 12.8. The van der Waals surface area contributed by atoms with Gasteiger partial charge in [0.1, 0.15) is 12.1 Å². The molecule has 3 rings (SSSR count). The summed E-state index contributed by atoms with van der Waals surface area (Å²) < 4.78 is 0. The summed E-state index contributed by atoms with van der Waals surface area (Å²) in [5.74, 6) is -3.45. The Bertz CT molecular complexity index is 915. The van der Waals surface area contributed by atoms with Gasteiger partial charge in [-0.15, -0.1) is 0 Å². The number of amides is 1. The number of nitriles is 1. The first-order valence-corrected chi connectivity index (χ1v) is 7.14. The number of carboxylic acid groups (broad SMARTS) is 2. The van der Waals surface area contributed by atoms with Crippen molar-refractivity contribution in [3.8, 4) is 6.07 Å². The molecule has 2 unspecified atom stereocenters. The van der Waals surface area contributed by atoms with Crippen molar-refractivity contribution in [2.24, 2.45) is 0 Å². The Labute approximate surface area is 136 Å². The van der Waals surface area contributed by atoms with Crippen molar-refractivity contribution in [2.45, 2.75) is 18.5 Å². The van der Waals surface area contributed by atoms with E-state index in [1.54, 1.807) is 36.4 Å². The van der Waals surface area contributed by atoms with Crippen LogP contribution < -0.4 is 0 Å². The Balaban J connectivity index is 2.19. The van der Waals surface area contributed by atoms with Crippen LogP contribution in [0.2, 0.25) is 0 Å². The predicted octanol–water partition coefficient (Wildman–Crippen LogP) is 1.79. The average Bonchev–Trinajstić information content (AvgIpc) is 2.84. The molecule has 2 N–H and O–H groups in total. The summed E-state index contributed by atoms with van der Waals surface area (Å²) in [7, 11) is 0. The largest absolute Gasteiger partial charge is 0.481 e.